The van der Waals surface area contributed by atoms with Crippen LogP contribution in [0.3, 0.4) is 0 Å². The number of aryl methyl sites for hydroxylation is 1. The lowest BCUT2D eigenvalue weighted by Gasteiger charge is -2.09. The predicted octanol–water partition coefficient (Wildman–Crippen LogP) is 3.61. The quantitative estimate of drug-likeness (QED) is 0.906. The Kier molecular flexibility index (Phi) is 2.75. The molecule has 0 amide bonds. The maximum Gasteiger partial charge on any atom is 0.128 e. The number of hydrogen-bond donors (Lipinski definition) is 1. The van der Waals surface area contributed by atoms with E-state index in [1.165, 1.54) is 12.0 Å². The van der Waals surface area contributed by atoms with Crippen LogP contribution in [0.5, 0.6) is 0 Å². The molecule has 2 nitrogen and oxygen atoms in total. The van der Waals surface area contributed by atoms with Crippen molar-refractivity contribution in [2.24, 2.45) is 11.3 Å². The Labute approximate surface area is 99.6 Å². The molecule has 1 saturated carbocycles. The summed E-state index contributed by atoms with van der Waals surface area (Å²) < 4.78 is 1.04. The first-order chi connectivity index (χ1) is 6.99. The van der Waals surface area contributed by atoms with E-state index in [-0.39, 0.29) is 0 Å². The largest absolute Gasteiger partial charge is 0.370 e. The molecular weight excluding hydrogens is 252 g/mol. The number of pyridine rings is 1. The second-order valence-corrected chi connectivity index (χ2v) is 6.01. The van der Waals surface area contributed by atoms with Crippen LogP contribution in [0.4, 0.5) is 5.82 Å². The van der Waals surface area contributed by atoms with E-state index >= 15 is 0 Å². The van der Waals surface area contributed by atoms with Gasteiger partial charge in [-0.15, -0.1) is 0 Å². The van der Waals surface area contributed by atoms with Gasteiger partial charge < -0.3 is 5.32 Å². The van der Waals surface area contributed by atoms with Gasteiger partial charge in [-0.1, -0.05) is 13.8 Å². The SMILES string of the molecule is Cc1cc(Br)cnc1NCC1CC1(C)C. The van der Waals surface area contributed by atoms with Crippen molar-refractivity contribution < 1.29 is 0 Å². The number of nitrogens with one attached hydrogen (secondary N) is 1. The van der Waals surface area contributed by atoms with Crippen LogP contribution in [0, 0.1) is 18.3 Å². The van der Waals surface area contributed by atoms with Gasteiger partial charge in [-0.3, -0.25) is 0 Å². The van der Waals surface area contributed by atoms with Crippen LogP contribution in [0.1, 0.15) is 25.8 Å². The highest BCUT2D eigenvalue weighted by Gasteiger charge is 2.44. The summed E-state index contributed by atoms with van der Waals surface area (Å²) in [5.74, 6) is 1.82. The molecule has 3 heteroatoms. The second kappa shape index (κ2) is 3.78. The average Bonchev–Trinajstić information content (AvgIpc) is 2.73. The van der Waals surface area contributed by atoms with Gasteiger partial charge in [0, 0.05) is 17.2 Å². The smallest absolute Gasteiger partial charge is 0.128 e. The lowest BCUT2D eigenvalue weighted by Crippen LogP contribution is -2.09. The van der Waals surface area contributed by atoms with Gasteiger partial charge in [0.05, 0.1) is 0 Å². The normalized spacial score (nSPS) is 22.5. The third-order valence-electron chi connectivity index (χ3n) is 3.28. The van der Waals surface area contributed by atoms with Gasteiger partial charge in [0.15, 0.2) is 0 Å². The second-order valence-electron chi connectivity index (χ2n) is 5.09. The van der Waals surface area contributed by atoms with Crippen molar-refractivity contribution in [3.63, 3.8) is 0 Å². The first-order valence-electron chi connectivity index (χ1n) is 5.35. The molecule has 0 bridgehead atoms. The molecule has 1 unspecified atom stereocenters. The highest BCUT2D eigenvalue weighted by Crippen LogP contribution is 2.51. The van der Waals surface area contributed by atoms with Crippen LogP contribution in [-0.4, -0.2) is 11.5 Å². The molecule has 1 fully saturated rings. The lowest BCUT2D eigenvalue weighted by molar-refractivity contribution is 0.572. The molecule has 0 saturated heterocycles. The van der Waals surface area contributed by atoms with E-state index in [0.717, 1.165) is 22.8 Å². The summed E-state index contributed by atoms with van der Waals surface area (Å²) in [6.07, 6.45) is 3.17. The van der Waals surface area contributed by atoms with Gasteiger partial charge in [0.1, 0.15) is 5.82 Å². The van der Waals surface area contributed by atoms with Crippen molar-refractivity contribution in [3.8, 4) is 0 Å². The summed E-state index contributed by atoms with van der Waals surface area (Å²) in [7, 11) is 0. The van der Waals surface area contributed by atoms with E-state index in [1.54, 1.807) is 0 Å². The third kappa shape index (κ3) is 2.51. The van der Waals surface area contributed by atoms with Crippen molar-refractivity contribution in [1.29, 1.82) is 0 Å². The Bertz CT molecular complexity index is 374. The topological polar surface area (TPSA) is 24.9 Å². The molecule has 1 aromatic heterocycles. The third-order valence-corrected chi connectivity index (χ3v) is 3.71. The molecule has 2 rings (SSSR count). The molecule has 0 spiro atoms. The molecule has 1 aromatic rings. The van der Waals surface area contributed by atoms with Crippen molar-refractivity contribution in [2.45, 2.75) is 27.2 Å². The number of rotatable bonds is 3. The Morgan fingerprint density at radius 3 is 2.80 bits per heavy atom. The van der Waals surface area contributed by atoms with E-state index in [0.29, 0.717) is 5.41 Å². The van der Waals surface area contributed by atoms with Crippen molar-refractivity contribution in [1.82, 2.24) is 4.98 Å². The minimum absolute atomic E-state index is 0.538. The van der Waals surface area contributed by atoms with E-state index < -0.39 is 0 Å². The minimum atomic E-state index is 0.538. The Balaban J connectivity index is 1.94. The lowest BCUT2D eigenvalue weighted by atomic mass is 10.1. The average molecular weight is 269 g/mol. The fraction of sp³-hybridized carbons (Fsp3) is 0.583. The molecule has 1 heterocycles. The highest BCUT2D eigenvalue weighted by atomic mass is 79.9. The summed E-state index contributed by atoms with van der Waals surface area (Å²) in [6.45, 7) is 7.77. The molecular formula is C12H17BrN2. The number of anilines is 1. The monoisotopic (exact) mass is 268 g/mol. The van der Waals surface area contributed by atoms with Gasteiger partial charge in [0.2, 0.25) is 0 Å². The maximum atomic E-state index is 4.37. The van der Waals surface area contributed by atoms with E-state index in [2.05, 4.69) is 53.1 Å². The van der Waals surface area contributed by atoms with Gasteiger partial charge in [-0.25, -0.2) is 4.98 Å². The highest BCUT2D eigenvalue weighted by molar-refractivity contribution is 9.10. The molecule has 82 valence electrons. The van der Waals surface area contributed by atoms with Gasteiger partial charge >= 0.3 is 0 Å². The van der Waals surface area contributed by atoms with E-state index in [9.17, 15) is 0 Å². The molecule has 0 aliphatic heterocycles. The van der Waals surface area contributed by atoms with Gasteiger partial charge in [-0.05, 0) is 52.2 Å². The fourth-order valence-corrected chi connectivity index (χ4v) is 2.32. The molecule has 1 atom stereocenters. The predicted molar refractivity (Wildman–Crippen MR) is 67.1 cm³/mol. The molecule has 15 heavy (non-hydrogen) atoms. The number of nitrogens with zero attached hydrogens (tertiary/aromatic N) is 1. The summed E-state index contributed by atoms with van der Waals surface area (Å²) in [4.78, 5) is 4.37. The molecule has 0 radical (unpaired) electrons. The molecule has 0 aromatic carbocycles. The number of aromatic nitrogens is 1. The Morgan fingerprint density at radius 1 is 1.60 bits per heavy atom. The van der Waals surface area contributed by atoms with Crippen molar-refractivity contribution in [2.75, 3.05) is 11.9 Å². The van der Waals surface area contributed by atoms with Gasteiger partial charge in [-0.2, -0.15) is 0 Å². The summed E-state index contributed by atoms with van der Waals surface area (Å²) in [6, 6.07) is 2.09. The van der Waals surface area contributed by atoms with Gasteiger partial charge in [0.25, 0.3) is 0 Å². The maximum absolute atomic E-state index is 4.37. The Hall–Kier alpha value is -0.570. The number of halogens is 1. The zero-order valence-corrected chi connectivity index (χ0v) is 11.1. The van der Waals surface area contributed by atoms with Crippen LogP contribution in [0.25, 0.3) is 0 Å². The van der Waals surface area contributed by atoms with Crippen LogP contribution in [0.2, 0.25) is 0 Å². The number of hydrogen-bond acceptors (Lipinski definition) is 2. The minimum Gasteiger partial charge on any atom is -0.370 e. The summed E-state index contributed by atoms with van der Waals surface area (Å²) in [5.41, 5.74) is 1.74. The Morgan fingerprint density at radius 2 is 2.27 bits per heavy atom. The first kappa shape index (κ1) is 10.9. The van der Waals surface area contributed by atoms with Crippen LogP contribution < -0.4 is 5.32 Å². The molecule has 1 N–H and O–H groups in total. The van der Waals surface area contributed by atoms with Crippen LogP contribution in [-0.2, 0) is 0 Å². The van der Waals surface area contributed by atoms with Crippen molar-refractivity contribution >= 4 is 21.7 Å². The summed E-state index contributed by atoms with van der Waals surface area (Å²) in [5, 5.41) is 3.43. The molecule has 1 aliphatic carbocycles. The van der Waals surface area contributed by atoms with Crippen LogP contribution >= 0.6 is 15.9 Å². The first-order valence-corrected chi connectivity index (χ1v) is 6.14. The zero-order valence-electron chi connectivity index (χ0n) is 9.47. The van der Waals surface area contributed by atoms with Crippen molar-refractivity contribution in [3.05, 3.63) is 22.3 Å². The van der Waals surface area contributed by atoms with E-state index in [4.69, 9.17) is 0 Å². The standard InChI is InChI=1S/C12H17BrN2/c1-8-4-10(13)7-15-11(8)14-6-9-5-12(9,2)3/h4,7,9H,5-6H2,1-3H3,(H,14,15). The van der Waals surface area contributed by atoms with E-state index in [1.807, 2.05) is 6.20 Å². The summed E-state index contributed by atoms with van der Waals surface area (Å²) >= 11 is 3.42. The fourth-order valence-electron chi connectivity index (χ4n) is 1.87. The zero-order chi connectivity index (χ0) is 11.1. The molecule has 1 aliphatic rings. The van der Waals surface area contributed by atoms with Crippen LogP contribution in [0.15, 0.2) is 16.7 Å².